The Morgan fingerprint density at radius 1 is 1.67 bits per heavy atom. The molecular weight excluding hydrogens is 160 g/mol. The molecule has 12 heavy (non-hydrogen) atoms. The number of carbonyl (C=O) groups is 1. The molecule has 0 bridgehead atoms. The van der Waals surface area contributed by atoms with Gasteiger partial charge in [0.15, 0.2) is 5.82 Å². The van der Waals surface area contributed by atoms with E-state index in [-0.39, 0.29) is 6.42 Å². The Kier molecular flexibility index (Phi) is 2.07. The van der Waals surface area contributed by atoms with Gasteiger partial charge in [-0.05, 0) is 0 Å². The largest absolute Gasteiger partial charge is 0.481 e. The lowest BCUT2D eigenvalue weighted by Crippen LogP contribution is -2.23. The first-order valence-electron chi connectivity index (χ1n) is 3.48. The fourth-order valence-electron chi connectivity index (χ4n) is 0.906. The molecule has 1 aromatic heterocycles. The van der Waals surface area contributed by atoms with Gasteiger partial charge in [-0.15, -0.1) is 10.2 Å². The molecule has 0 atom stereocenters. The maximum absolute atomic E-state index is 10.4. The van der Waals surface area contributed by atoms with Gasteiger partial charge in [0.25, 0.3) is 0 Å². The van der Waals surface area contributed by atoms with Gasteiger partial charge in [0.05, 0.1) is 6.42 Å². The smallest absolute Gasteiger partial charge is 0.304 e. The third kappa shape index (κ3) is 1.77. The van der Waals surface area contributed by atoms with Crippen molar-refractivity contribution in [2.24, 2.45) is 0 Å². The van der Waals surface area contributed by atoms with Gasteiger partial charge in [-0.1, -0.05) is 19.1 Å². The lowest BCUT2D eigenvalue weighted by atomic mass is 9.89. The van der Waals surface area contributed by atoms with E-state index in [1.165, 1.54) is 0 Å². The monoisotopic (exact) mass is 170 g/mol. The molecular formula is C6H10N4O2. The Morgan fingerprint density at radius 3 is 2.75 bits per heavy atom. The molecule has 0 saturated heterocycles. The van der Waals surface area contributed by atoms with Crippen LogP contribution in [0.15, 0.2) is 0 Å². The van der Waals surface area contributed by atoms with Crippen molar-refractivity contribution in [3.63, 3.8) is 0 Å². The molecule has 2 N–H and O–H groups in total. The van der Waals surface area contributed by atoms with Crippen molar-refractivity contribution < 1.29 is 9.90 Å². The molecule has 0 unspecified atom stereocenters. The summed E-state index contributed by atoms with van der Waals surface area (Å²) in [4.78, 5) is 10.4. The van der Waals surface area contributed by atoms with Gasteiger partial charge in [-0.25, -0.2) is 0 Å². The Hall–Kier alpha value is -1.46. The normalized spacial score (nSPS) is 11.5. The second-order valence-electron chi connectivity index (χ2n) is 3.19. The van der Waals surface area contributed by atoms with Crippen molar-refractivity contribution in [1.82, 2.24) is 20.6 Å². The number of H-pyrrole nitrogens is 1. The van der Waals surface area contributed by atoms with Crippen LogP contribution >= 0.6 is 0 Å². The SMILES string of the molecule is CC(C)(CC(=O)O)c1nn[nH]n1. The molecule has 6 heteroatoms. The number of nitrogens with one attached hydrogen (secondary N) is 1. The van der Waals surface area contributed by atoms with Crippen LogP contribution in [0.3, 0.4) is 0 Å². The highest BCUT2D eigenvalue weighted by Crippen LogP contribution is 2.22. The minimum Gasteiger partial charge on any atom is -0.481 e. The first-order valence-corrected chi connectivity index (χ1v) is 3.48. The molecule has 0 aliphatic carbocycles. The second kappa shape index (κ2) is 2.88. The average molecular weight is 170 g/mol. The first kappa shape index (κ1) is 8.63. The van der Waals surface area contributed by atoms with Crippen LogP contribution in [-0.4, -0.2) is 31.7 Å². The summed E-state index contributed by atoms with van der Waals surface area (Å²) in [6.07, 6.45) is -0.00741. The van der Waals surface area contributed by atoms with Crippen molar-refractivity contribution in [3.8, 4) is 0 Å². The number of aromatic nitrogens is 4. The number of aliphatic carboxylic acids is 1. The van der Waals surface area contributed by atoms with Gasteiger partial charge in [-0.3, -0.25) is 4.79 Å². The Balaban J connectivity index is 2.79. The predicted octanol–water partition coefficient (Wildman–Crippen LogP) is -0.0480. The van der Waals surface area contributed by atoms with Crippen molar-refractivity contribution in [1.29, 1.82) is 0 Å². The van der Waals surface area contributed by atoms with Gasteiger partial charge in [0.2, 0.25) is 0 Å². The van der Waals surface area contributed by atoms with Gasteiger partial charge in [0.1, 0.15) is 0 Å². The van der Waals surface area contributed by atoms with Crippen LogP contribution in [-0.2, 0) is 10.2 Å². The fraction of sp³-hybridized carbons (Fsp3) is 0.667. The Bertz CT molecular complexity index is 267. The van der Waals surface area contributed by atoms with Crippen molar-refractivity contribution in [2.75, 3.05) is 0 Å². The summed E-state index contributed by atoms with van der Waals surface area (Å²) in [5.74, 6) is -0.449. The molecule has 0 aromatic carbocycles. The van der Waals surface area contributed by atoms with E-state index in [9.17, 15) is 4.79 Å². The molecule has 0 aliphatic heterocycles. The summed E-state index contributed by atoms with van der Waals surface area (Å²) in [5, 5.41) is 21.7. The zero-order valence-corrected chi connectivity index (χ0v) is 6.90. The third-order valence-corrected chi connectivity index (χ3v) is 1.54. The minimum atomic E-state index is -0.871. The van der Waals surface area contributed by atoms with E-state index in [0.29, 0.717) is 5.82 Å². The van der Waals surface area contributed by atoms with Crippen molar-refractivity contribution in [3.05, 3.63) is 5.82 Å². The number of hydrogen-bond donors (Lipinski definition) is 2. The maximum atomic E-state index is 10.4. The van der Waals surface area contributed by atoms with Crippen LogP contribution in [0.4, 0.5) is 0 Å². The van der Waals surface area contributed by atoms with Crippen LogP contribution in [0.5, 0.6) is 0 Å². The molecule has 0 aliphatic rings. The van der Waals surface area contributed by atoms with Crippen LogP contribution in [0.25, 0.3) is 0 Å². The number of nitrogens with zero attached hydrogens (tertiary/aromatic N) is 3. The highest BCUT2D eigenvalue weighted by Gasteiger charge is 2.28. The zero-order valence-electron chi connectivity index (χ0n) is 6.90. The van der Waals surface area contributed by atoms with Crippen molar-refractivity contribution in [2.45, 2.75) is 25.7 Å². The summed E-state index contributed by atoms with van der Waals surface area (Å²) in [5.41, 5.74) is -0.571. The highest BCUT2D eigenvalue weighted by atomic mass is 16.4. The number of tetrazole rings is 1. The molecule has 0 fully saturated rings. The van der Waals surface area contributed by atoms with E-state index in [1.807, 2.05) is 0 Å². The van der Waals surface area contributed by atoms with Crippen molar-refractivity contribution >= 4 is 5.97 Å². The quantitative estimate of drug-likeness (QED) is 0.663. The summed E-state index contributed by atoms with van der Waals surface area (Å²) < 4.78 is 0. The minimum absolute atomic E-state index is 0.00741. The molecule has 0 saturated carbocycles. The standard InChI is InChI=1S/C6H10N4O2/c1-6(2,3-4(11)12)5-7-9-10-8-5/h3H2,1-2H3,(H,11,12)(H,7,8,9,10). The summed E-state index contributed by atoms with van der Waals surface area (Å²) in [6.45, 7) is 3.51. The Morgan fingerprint density at radius 2 is 2.33 bits per heavy atom. The molecule has 6 nitrogen and oxygen atoms in total. The highest BCUT2D eigenvalue weighted by molar-refractivity contribution is 5.68. The van der Waals surface area contributed by atoms with E-state index in [2.05, 4.69) is 20.6 Å². The van der Waals surface area contributed by atoms with E-state index in [4.69, 9.17) is 5.11 Å². The average Bonchev–Trinajstić information content (AvgIpc) is 2.32. The van der Waals surface area contributed by atoms with E-state index < -0.39 is 11.4 Å². The molecule has 1 heterocycles. The summed E-state index contributed by atoms with van der Waals surface area (Å²) >= 11 is 0. The van der Waals surface area contributed by atoms with Gasteiger partial charge in [0, 0.05) is 5.41 Å². The summed E-state index contributed by atoms with van der Waals surface area (Å²) in [7, 11) is 0. The number of carboxylic acids is 1. The molecule has 1 rings (SSSR count). The molecule has 0 spiro atoms. The van der Waals surface area contributed by atoms with Gasteiger partial charge < -0.3 is 5.11 Å². The van der Waals surface area contributed by atoms with E-state index in [1.54, 1.807) is 13.8 Å². The Labute approximate surface area is 69.0 Å². The number of hydrogen-bond acceptors (Lipinski definition) is 4. The number of carboxylic acid groups (broad SMARTS) is 1. The molecule has 0 radical (unpaired) electrons. The lowest BCUT2D eigenvalue weighted by molar-refractivity contribution is -0.138. The van der Waals surface area contributed by atoms with Gasteiger partial charge >= 0.3 is 5.97 Å². The van der Waals surface area contributed by atoms with Crippen LogP contribution in [0.2, 0.25) is 0 Å². The topological polar surface area (TPSA) is 91.8 Å². The fourth-order valence-corrected chi connectivity index (χ4v) is 0.906. The van der Waals surface area contributed by atoms with Gasteiger partial charge in [-0.2, -0.15) is 5.21 Å². The molecule has 0 amide bonds. The van der Waals surface area contributed by atoms with E-state index >= 15 is 0 Å². The number of aromatic amines is 1. The molecule has 66 valence electrons. The number of rotatable bonds is 3. The van der Waals surface area contributed by atoms with Crippen LogP contribution in [0.1, 0.15) is 26.1 Å². The lowest BCUT2D eigenvalue weighted by Gasteiger charge is -2.16. The maximum Gasteiger partial charge on any atom is 0.304 e. The zero-order chi connectivity index (χ0) is 9.19. The molecule has 1 aromatic rings. The second-order valence-corrected chi connectivity index (χ2v) is 3.19. The summed E-state index contributed by atoms with van der Waals surface area (Å²) in [6, 6.07) is 0. The van der Waals surface area contributed by atoms with Crippen LogP contribution < -0.4 is 0 Å². The predicted molar refractivity (Wildman–Crippen MR) is 39.5 cm³/mol. The third-order valence-electron chi connectivity index (χ3n) is 1.54. The van der Waals surface area contributed by atoms with E-state index in [0.717, 1.165) is 0 Å². The van der Waals surface area contributed by atoms with Crippen LogP contribution in [0, 0.1) is 0 Å². The first-order chi connectivity index (χ1) is 5.52.